The van der Waals surface area contributed by atoms with Crippen molar-refractivity contribution < 1.29 is 24.1 Å². The van der Waals surface area contributed by atoms with E-state index in [0.717, 1.165) is 50.7 Å². The minimum absolute atomic E-state index is 0.0999. The maximum absolute atomic E-state index is 6.45. The quantitative estimate of drug-likeness (QED) is 0.164. The number of para-hydroxylation sites is 2. The summed E-state index contributed by atoms with van der Waals surface area (Å²) in [4.78, 5) is 6.91. The molecule has 6 heteroatoms. The average Bonchev–Trinajstić information content (AvgIpc) is 3.32. The number of fused-ring (bicyclic) bond motifs is 2. The molecule has 0 radical (unpaired) electrons. The van der Waals surface area contributed by atoms with Gasteiger partial charge in [-0.15, -0.1) is 0 Å². The van der Waals surface area contributed by atoms with Gasteiger partial charge in [0.1, 0.15) is 0 Å². The van der Waals surface area contributed by atoms with E-state index in [1.165, 1.54) is 11.1 Å². The molecular weight excluding hydrogens is 736 g/mol. The zero-order valence-electron chi connectivity index (χ0n) is 26.2. The summed E-state index contributed by atoms with van der Waals surface area (Å²) in [6, 6.07) is 40.8. The molecule has 2 aromatic heterocycles. The molecule has 6 aromatic rings. The van der Waals surface area contributed by atoms with Gasteiger partial charge in [0.05, 0.1) is 0 Å². The fourth-order valence-electron chi connectivity index (χ4n) is 6.17. The first-order chi connectivity index (χ1) is 21.6. The van der Waals surface area contributed by atoms with Gasteiger partial charge in [0.25, 0.3) is 0 Å². The predicted octanol–water partition coefficient (Wildman–Crippen LogP) is 9.31. The molecule has 4 aromatic carbocycles. The molecule has 0 saturated carbocycles. The number of imidazole rings is 1. The molecule has 45 heavy (non-hydrogen) atoms. The van der Waals surface area contributed by atoms with Crippen LogP contribution in [0.15, 0.2) is 103 Å². The van der Waals surface area contributed by atoms with Gasteiger partial charge in [-0.1, -0.05) is 19.9 Å². The van der Waals surface area contributed by atoms with E-state index in [2.05, 4.69) is 152 Å². The van der Waals surface area contributed by atoms with E-state index in [-0.39, 0.29) is 10.8 Å². The first-order valence-corrected chi connectivity index (χ1v) is 16.4. The number of ether oxygens (including phenoxy) is 1. The topological polar surface area (TPSA) is 35.2 Å². The summed E-state index contributed by atoms with van der Waals surface area (Å²) < 4.78 is 12.0. The van der Waals surface area contributed by atoms with Crippen molar-refractivity contribution in [1.29, 1.82) is 0 Å². The Morgan fingerprint density at radius 1 is 0.778 bits per heavy atom. The number of aromatic nitrogens is 3. The van der Waals surface area contributed by atoms with E-state index in [1.807, 2.05) is 36.5 Å². The Balaban J connectivity index is 1.25. The Labute approximate surface area is 276 Å². The molecule has 0 amide bonds. The van der Waals surface area contributed by atoms with Crippen molar-refractivity contribution in [3.05, 3.63) is 130 Å². The van der Waals surface area contributed by atoms with Gasteiger partial charge in [-0.3, -0.25) is 0 Å². The first-order valence-electron chi connectivity index (χ1n) is 15.3. The van der Waals surface area contributed by atoms with Crippen LogP contribution < -0.4 is 9.64 Å². The maximum atomic E-state index is 6.45. The van der Waals surface area contributed by atoms with Gasteiger partial charge in [0.2, 0.25) is 0 Å². The number of rotatable bonds is 5. The van der Waals surface area contributed by atoms with E-state index < -0.39 is 0 Å². The fraction of sp³-hybridized carbons (Fsp3) is 0.231. The van der Waals surface area contributed by atoms with E-state index in [4.69, 9.17) is 4.74 Å². The van der Waals surface area contributed by atoms with Crippen LogP contribution in [-0.2, 0) is 31.2 Å². The molecule has 0 aliphatic carbocycles. The van der Waals surface area contributed by atoms with Crippen molar-refractivity contribution in [3.8, 4) is 22.9 Å². The van der Waals surface area contributed by atoms with Crippen LogP contribution >= 0.6 is 0 Å². The van der Waals surface area contributed by atoms with Crippen molar-refractivity contribution in [2.45, 2.75) is 46.5 Å². The zero-order valence-corrected chi connectivity index (χ0v) is 28.5. The van der Waals surface area contributed by atoms with Crippen molar-refractivity contribution in [1.82, 2.24) is 14.1 Å². The fourth-order valence-corrected chi connectivity index (χ4v) is 7.28. The van der Waals surface area contributed by atoms with Crippen molar-refractivity contribution >= 4 is 22.5 Å². The minimum atomic E-state index is 0.0999. The third-order valence-corrected chi connectivity index (χ3v) is 9.36. The summed E-state index contributed by atoms with van der Waals surface area (Å²) in [6.07, 6.45) is 2.82. The van der Waals surface area contributed by atoms with Crippen LogP contribution in [0.3, 0.4) is 0 Å². The van der Waals surface area contributed by atoms with Crippen LogP contribution in [0.5, 0.6) is 11.5 Å². The van der Waals surface area contributed by atoms with Gasteiger partial charge < -0.3 is 0 Å². The Morgan fingerprint density at radius 2 is 1.49 bits per heavy atom. The number of nitrogens with zero attached hydrogens (tertiary/aromatic N) is 4. The summed E-state index contributed by atoms with van der Waals surface area (Å²) in [7, 11) is 0. The van der Waals surface area contributed by atoms with Crippen LogP contribution in [0.1, 0.15) is 45.7 Å². The van der Waals surface area contributed by atoms with Gasteiger partial charge in [-0.2, -0.15) is 0 Å². The number of anilines is 2. The SMILES string of the molecule is CC1(C)Cc2ccc(Oc3[c-]c(-n4[c](=[Pt])n(-c5ccc(C(C)(C)C)cc5)c5ccccc54)ccc3)[c-]c2N(c2ccccn2)C1. The van der Waals surface area contributed by atoms with Crippen molar-refractivity contribution in [2.75, 3.05) is 11.4 Å². The van der Waals surface area contributed by atoms with E-state index in [0.29, 0.717) is 11.5 Å². The number of benzene rings is 4. The Hall–Kier alpha value is -4.21. The van der Waals surface area contributed by atoms with Gasteiger partial charge >= 0.3 is 245 Å². The molecule has 1 aliphatic rings. The number of hydrogen-bond donors (Lipinski definition) is 0. The normalized spacial score (nSPS) is 14.4. The average molecular weight is 772 g/mol. The van der Waals surface area contributed by atoms with Gasteiger partial charge in [0.15, 0.2) is 0 Å². The van der Waals surface area contributed by atoms with E-state index >= 15 is 0 Å². The molecular formula is C39H36N4OPt-2. The molecule has 0 spiro atoms. The molecule has 0 N–H and O–H groups in total. The molecule has 5 nitrogen and oxygen atoms in total. The van der Waals surface area contributed by atoms with Crippen LogP contribution in [0.25, 0.3) is 22.4 Å². The van der Waals surface area contributed by atoms with Crippen molar-refractivity contribution in [3.63, 3.8) is 0 Å². The molecule has 3 heterocycles. The Morgan fingerprint density at radius 3 is 2.20 bits per heavy atom. The molecule has 0 bridgehead atoms. The summed E-state index contributed by atoms with van der Waals surface area (Å²) in [5.41, 5.74) is 8.06. The summed E-state index contributed by atoms with van der Waals surface area (Å²) in [5.74, 6) is 2.21. The predicted molar refractivity (Wildman–Crippen MR) is 177 cm³/mol. The third-order valence-electron chi connectivity index (χ3n) is 8.34. The monoisotopic (exact) mass is 771 g/mol. The first kappa shape index (κ1) is 29.5. The standard InChI is InChI=1S/C39H36N4O.Pt/c1-38(2,3)29-17-19-30(20-18-29)42-27-43(35-14-7-6-13-34(35)42)31-11-10-12-32(23-31)44-33-21-16-28-25-39(4,5)26-41(36(28)24-33)37-15-8-9-22-40-37;/h6-22H,25-26H2,1-5H3;/q-2;. The summed E-state index contributed by atoms with van der Waals surface area (Å²) in [5, 5.41) is 0. The number of pyridine rings is 1. The Kier molecular flexibility index (Phi) is 7.41. The van der Waals surface area contributed by atoms with Crippen LogP contribution in [-0.4, -0.2) is 20.7 Å². The second kappa shape index (κ2) is 11.3. The van der Waals surface area contributed by atoms with Gasteiger partial charge in [-0.05, 0) is 6.07 Å². The van der Waals surface area contributed by atoms with Crippen LogP contribution in [0, 0.1) is 21.4 Å². The third kappa shape index (κ3) is 5.71. The van der Waals surface area contributed by atoms with Crippen molar-refractivity contribution in [2.24, 2.45) is 5.41 Å². The molecule has 0 atom stereocenters. The molecule has 7 rings (SSSR count). The van der Waals surface area contributed by atoms with E-state index in [9.17, 15) is 0 Å². The second-order valence-corrected chi connectivity index (χ2v) is 14.5. The number of hydrogen-bond acceptors (Lipinski definition) is 3. The molecule has 0 unspecified atom stereocenters. The van der Waals surface area contributed by atoms with E-state index in [1.54, 1.807) is 0 Å². The molecule has 230 valence electrons. The molecule has 1 aliphatic heterocycles. The van der Waals surface area contributed by atoms with Gasteiger partial charge in [-0.25, -0.2) is 0 Å². The Bertz CT molecular complexity index is 2070. The van der Waals surface area contributed by atoms with Crippen LogP contribution in [0.2, 0.25) is 0 Å². The summed E-state index contributed by atoms with van der Waals surface area (Å²) in [6.45, 7) is 12.2. The van der Waals surface area contributed by atoms with Gasteiger partial charge in [0, 0.05) is 6.20 Å². The summed E-state index contributed by atoms with van der Waals surface area (Å²) >= 11 is 2.42. The van der Waals surface area contributed by atoms with Crippen LogP contribution in [0.4, 0.5) is 11.5 Å². The molecule has 0 fully saturated rings. The molecule has 0 saturated heterocycles. The zero-order chi connectivity index (χ0) is 31.3. The second-order valence-electron chi connectivity index (χ2n) is 13.5.